The first-order valence-electron chi connectivity index (χ1n) is 9.17. The number of nitrogens with zero attached hydrogens (tertiary/aromatic N) is 4. The van der Waals surface area contributed by atoms with Gasteiger partial charge in [0.2, 0.25) is 5.89 Å². The van der Waals surface area contributed by atoms with Crippen molar-refractivity contribution in [2.24, 2.45) is 0 Å². The largest absolute Gasteiger partial charge is 0.441 e. The number of aromatic nitrogens is 3. The summed E-state index contributed by atoms with van der Waals surface area (Å²) in [6, 6.07) is 13.9. The third-order valence-corrected chi connectivity index (χ3v) is 4.65. The van der Waals surface area contributed by atoms with Crippen LogP contribution in [-0.2, 0) is 13.1 Å². The topological polar surface area (TPSA) is 68.2 Å². The fourth-order valence-corrected chi connectivity index (χ4v) is 3.13. The zero-order chi connectivity index (χ0) is 19.5. The molecule has 142 valence electrons. The van der Waals surface area contributed by atoms with Gasteiger partial charge in [-0.3, -0.25) is 9.88 Å². The van der Waals surface area contributed by atoms with Crippen LogP contribution < -0.4 is 0 Å². The van der Waals surface area contributed by atoms with Gasteiger partial charge in [0.05, 0.1) is 12.2 Å². The van der Waals surface area contributed by atoms with E-state index in [0.29, 0.717) is 19.0 Å². The predicted octanol–water partition coefficient (Wildman–Crippen LogP) is 4.64. The van der Waals surface area contributed by atoms with Gasteiger partial charge in [-0.1, -0.05) is 23.4 Å². The molecule has 4 aromatic rings. The monoisotopic (exact) mass is 374 g/mol. The van der Waals surface area contributed by atoms with E-state index in [9.17, 15) is 0 Å². The minimum atomic E-state index is 0.629. The number of benzene rings is 1. The van der Waals surface area contributed by atoms with Crippen molar-refractivity contribution in [3.05, 3.63) is 77.6 Å². The van der Waals surface area contributed by atoms with Crippen LogP contribution in [0.15, 0.2) is 63.8 Å². The Bertz CT molecular complexity index is 1070. The van der Waals surface area contributed by atoms with Crippen LogP contribution in [0.25, 0.3) is 22.7 Å². The second kappa shape index (κ2) is 7.78. The van der Waals surface area contributed by atoms with Crippen LogP contribution in [0.1, 0.15) is 22.8 Å². The fraction of sp³-hybridized carbons (Fsp3) is 0.227. The molecule has 6 nitrogen and oxygen atoms in total. The zero-order valence-electron chi connectivity index (χ0n) is 16.2. The molecule has 0 radical (unpaired) electrons. The number of rotatable bonds is 6. The summed E-state index contributed by atoms with van der Waals surface area (Å²) in [5, 5.41) is 4.15. The quantitative estimate of drug-likeness (QED) is 0.490. The van der Waals surface area contributed by atoms with Crippen molar-refractivity contribution in [1.29, 1.82) is 0 Å². The summed E-state index contributed by atoms with van der Waals surface area (Å²) in [5.41, 5.74) is 4.90. The van der Waals surface area contributed by atoms with E-state index >= 15 is 0 Å². The molecule has 6 heteroatoms. The number of oxazole rings is 1. The van der Waals surface area contributed by atoms with Gasteiger partial charge < -0.3 is 8.94 Å². The van der Waals surface area contributed by atoms with Crippen LogP contribution in [0, 0.1) is 13.8 Å². The Labute approximate surface area is 163 Å². The lowest BCUT2D eigenvalue weighted by Crippen LogP contribution is -2.17. The normalized spacial score (nSPS) is 11.3. The molecule has 0 aliphatic carbocycles. The standard InChI is InChI=1S/C22H22N4O2/c1-15-6-4-5-7-19(15)22-24-21(16(2)27-22)14-26(3)13-18-12-20(25-28-18)17-8-10-23-11-9-17/h4-12H,13-14H2,1-3H3. The Hall–Kier alpha value is -3.25. The summed E-state index contributed by atoms with van der Waals surface area (Å²) in [5.74, 6) is 2.30. The number of pyridine rings is 1. The number of hydrogen-bond acceptors (Lipinski definition) is 6. The third-order valence-electron chi connectivity index (χ3n) is 4.65. The molecule has 0 N–H and O–H groups in total. The first-order chi connectivity index (χ1) is 13.6. The first-order valence-corrected chi connectivity index (χ1v) is 9.17. The van der Waals surface area contributed by atoms with Gasteiger partial charge in [0.15, 0.2) is 5.76 Å². The van der Waals surface area contributed by atoms with Gasteiger partial charge in [0, 0.05) is 36.1 Å². The van der Waals surface area contributed by atoms with Gasteiger partial charge in [-0.05, 0) is 44.7 Å². The molecule has 0 amide bonds. The molecule has 0 saturated carbocycles. The lowest BCUT2D eigenvalue weighted by molar-refractivity contribution is 0.264. The van der Waals surface area contributed by atoms with Crippen LogP contribution in [-0.4, -0.2) is 27.1 Å². The van der Waals surface area contributed by atoms with E-state index in [1.807, 2.05) is 50.4 Å². The van der Waals surface area contributed by atoms with Gasteiger partial charge in [-0.25, -0.2) is 4.98 Å². The molecule has 0 spiro atoms. The van der Waals surface area contributed by atoms with E-state index < -0.39 is 0 Å². The van der Waals surface area contributed by atoms with E-state index in [1.54, 1.807) is 12.4 Å². The maximum absolute atomic E-state index is 5.92. The lowest BCUT2D eigenvalue weighted by atomic mass is 10.1. The van der Waals surface area contributed by atoms with E-state index in [-0.39, 0.29) is 0 Å². The van der Waals surface area contributed by atoms with E-state index in [2.05, 4.69) is 28.0 Å². The molecule has 0 aliphatic rings. The third kappa shape index (κ3) is 3.87. The zero-order valence-corrected chi connectivity index (χ0v) is 16.2. The fourth-order valence-electron chi connectivity index (χ4n) is 3.13. The summed E-state index contributed by atoms with van der Waals surface area (Å²) < 4.78 is 11.4. The molecule has 1 aromatic carbocycles. The average Bonchev–Trinajstić information content (AvgIpc) is 3.30. The summed E-state index contributed by atoms with van der Waals surface area (Å²) in [6.07, 6.45) is 3.49. The summed E-state index contributed by atoms with van der Waals surface area (Å²) >= 11 is 0. The molecular weight excluding hydrogens is 352 g/mol. The molecule has 0 unspecified atom stereocenters. The first kappa shape index (κ1) is 18.1. The molecule has 28 heavy (non-hydrogen) atoms. The Morgan fingerprint density at radius 2 is 1.79 bits per heavy atom. The minimum absolute atomic E-state index is 0.629. The number of aryl methyl sites for hydroxylation is 2. The lowest BCUT2D eigenvalue weighted by Gasteiger charge is -2.12. The SMILES string of the molecule is Cc1ccccc1-c1nc(CN(C)Cc2cc(-c3ccncc3)no2)c(C)o1. The molecule has 0 fully saturated rings. The van der Waals surface area contributed by atoms with Crippen LogP contribution in [0.3, 0.4) is 0 Å². The molecule has 3 heterocycles. The van der Waals surface area contributed by atoms with Crippen molar-refractivity contribution in [2.45, 2.75) is 26.9 Å². The van der Waals surface area contributed by atoms with Crippen LogP contribution in [0.2, 0.25) is 0 Å². The summed E-state index contributed by atoms with van der Waals surface area (Å²) in [6.45, 7) is 5.30. The molecular formula is C22H22N4O2. The van der Waals surface area contributed by atoms with Crippen molar-refractivity contribution in [1.82, 2.24) is 20.0 Å². The summed E-state index contributed by atoms with van der Waals surface area (Å²) in [4.78, 5) is 10.9. The van der Waals surface area contributed by atoms with Crippen molar-refractivity contribution >= 4 is 0 Å². The van der Waals surface area contributed by atoms with E-state index in [0.717, 1.165) is 39.6 Å². The molecule has 3 aromatic heterocycles. The van der Waals surface area contributed by atoms with Gasteiger partial charge in [0.1, 0.15) is 11.5 Å². The highest BCUT2D eigenvalue weighted by Gasteiger charge is 2.16. The smallest absolute Gasteiger partial charge is 0.226 e. The maximum atomic E-state index is 5.92. The average molecular weight is 374 g/mol. The molecule has 4 rings (SSSR count). The molecule has 0 aliphatic heterocycles. The maximum Gasteiger partial charge on any atom is 0.226 e. The van der Waals surface area contributed by atoms with Crippen molar-refractivity contribution in [2.75, 3.05) is 7.05 Å². The van der Waals surface area contributed by atoms with Gasteiger partial charge in [-0.2, -0.15) is 0 Å². The van der Waals surface area contributed by atoms with E-state index in [4.69, 9.17) is 13.9 Å². The molecule has 0 atom stereocenters. The van der Waals surface area contributed by atoms with E-state index in [1.165, 1.54) is 0 Å². The summed E-state index contributed by atoms with van der Waals surface area (Å²) in [7, 11) is 2.02. The highest BCUT2D eigenvalue weighted by atomic mass is 16.5. The van der Waals surface area contributed by atoms with Crippen molar-refractivity contribution in [3.63, 3.8) is 0 Å². The van der Waals surface area contributed by atoms with Gasteiger partial charge >= 0.3 is 0 Å². The highest BCUT2D eigenvalue weighted by molar-refractivity contribution is 5.59. The Kier molecular flexibility index (Phi) is 5.04. The number of hydrogen-bond donors (Lipinski definition) is 0. The van der Waals surface area contributed by atoms with Crippen LogP contribution >= 0.6 is 0 Å². The van der Waals surface area contributed by atoms with Crippen molar-refractivity contribution < 1.29 is 8.94 Å². The van der Waals surface area contributed by atoms with Crippen LogP contribution in [0.5, 0.6) is 0 Å². The molecule has 0 saturated heterocycles. The van der Waals surface area contributed by atoms with Crippen molar-refractivity contribution in [3.8, 4) is 22.7 Å². The molecule has 0 bridgehead atoms. The van der Waals surface area contributed by atoms with Gasteiger partial charge in [-0.15, -0.1) is 0 Å². The van der Waals surface area contributed by atoms with Gasteiger partial charge in [0.25, 0.3) is 0 Å². The second-order valence-corrected chi connectivity index (χ2v) is 6.92. The Morgan fingerprint density at radius 3 is 2.57 bits per heavy atom. The minimum Gasteiger partial charge on any atom is -0.441 e. The second-order valence-electron chi connectivity index (χ2n) is 6.92. The van der Waals surface area contributed by atoms with Crippen LogP contribution in [0.4, 0.5) is 0 Å². The highest BCUT2D eigenvalue weighted by Crippen LogP contribution is 2.25. The predicted molar refractivity (Wildman–Crippen MR) is 106 cm³/mol. The Balaban J connectivity index is 1.45. The Morgan fingerprint density at radius 1 is 1.00 bits per heavy atom.